The van der Waals surface area contributed by atoms with E-state index in [4.69, 9.17) is 4.74 Å². The van der Waals surface area contributed by atoms with Crippen molar-refractivity contribution in [3.8, 4) is 5.75 Å². The lowest BCUT2D eigenvalue weighted by atomic mass is 9.93. The minimum Gasteiger partial charge on any atom is -0.493 e. The number of hydrogen-bond acceptors (Lipinski definition) is 3. The van der Waals surface area contributed by atoms with Gasteiger partial charge in [0.25, 0.3) is 5.91 Å². The van der Waals surface area contributed by atoms with Crippen molar-refractivity contribution in [3.05, 3.63) is 59.2 Å². The summed E-state index contributed by atoms with van der Waals surface area (Å²) in [6.45, 7) is 8.09. The van der Waals surface area contributed by atoms with Gasteiger partial charge in [0.1, 0.15) is 5.75 Å². The number of para-hydroxylation sites is 1. The minimum atomic E-state index is -0.282. The maximum Gasteiger partial charge on any atom is 0.259 e. The van der Waals surface area contributed by atoms with Crippen molar-refractivity contribution in [2.45, 2.75) is 72.6 Å². The van der Waals surface area contributed by atoms with Crippen LogP contribution in [0, 0.1) is 5.92 Å². The molecule has 4 heteroatoms. The highest BCUT2D eigenvalue weighted by Gasteiger charge is 2.21. The molecule has 2 aromatic carbocycles. The van der Waals surface area contributed by atoms with Gasteiger partial charge in [-0.05, 0) is 37.1 Å². The van der Waals surface area contributed by atoms with Gasteiger partial charge in [-0.25, -0.2) is 0 Å². The van der Waals surface area contributed by atoms with Crippen LogP contribution in [0.3, 0.4) is 0 Å². The molecule has 1 amide bonds. The molecule has 0 unspecified atom stereocenters. The number of ether oxygens (including phenoxy) is 1. The van der Waals surface area contributed by atoms with E-state index in [2.05, 4.69) is 5.32 Å². The fourth-order valence-electron chi connectivity index (χ4n) is 3.76. The standard InChI is InChI=1S/C21H25NO3.C6H12/c1-5-15-10-9-12-17(19(15)20(23)14(3)4)22-21(24)16-11-7-8-13-18(16)25-6-2;1-2-4-6-5-3-1/h7-14H,5-6H2,1-4H3,(H,22,24);1-6H2. The zero-order chi connectivity index (χ0) is 22.6. The molecule has 1 fully saturated rings. The molecule has 0 spiro atoms. The van der Waals surface area contributed by atoms with Crippen LogP contribution in [0.5, 0.6) is 5.75 Å². The fourth-order valence-corrected chi connectivity index (χ4v) is 3.76. The third-order valence-electron chi connectivity index (χ3n) is 5.48. The zero-order valence-electron chi connectivity index (χ0n) is 19.5. The second-order valence-electron chi connectivity index (χ2n) is 8.22. The Kier molecular flexibility index (Phi) is 10.3. The van der Waals surface area contributed by atoms with E-state index in [0.29, 0.717) is 29.2 Å². The summed E-state index contributed by atoms with van der Waals surface area (Å²) in [7, 11) is 0. The largest absolute Gasteiger partial charge is 0.493 e. The number of ketones is 1. The maximum absolute atomic E-state index is 12.8. The smallest absolute Gasteiger partial charge is 0.259 e. The van der Waals surface area contributed by atoms with Crippen LogP contribution in [0.15, 0.2) is 42.5 Å². The maximum atomic E-state index is 12.8. The third kappa shape index (κ3) is 7.23. The molecule has 1 saturated carbocycles. The predicted molar refractivity (Wildman–Crippen MR) is 128 cm³/mol. The van der Waals surface area contributed by atoms with Crippen LogP contribution in [0.1, 0.15) is 92.5 Å². The number of nitrogens with one attached hydrogen (secondary N) is 1. The van der Waals surface area contributed by atoms with Crippen molar-refractivity contribution in [1.29, 1.82) is 0 Å². The summed E-state index contributed by atoms with van der Waals surface area (Å²) in [5, 5.41) is 2.90. The molecule has 1 N–H and O–H groups in total. The van der Waals surface area contributed by atoms with E-state index >= 15 is 0 Å². The summed E-state index contributed by atoms with van der Waals surface area (Å²) >= 11 is 0. The van der Waals surface area contributed by atoms with Gasteiger partial charge in [-0.3, -0.25) is 9.59 Å². The molecule has 1 aliphatic carbocycles. The quantitative estimate of drug-likeness (QED) is 0.484. The van der Waals surface area contributed by atoms with Crippen LogP contribution in [-0.4, -0.2) is 18.3 Å². The molecule has 2 aromatic rings. The summed E-state index contributed by atoms with van der Waals surface area (Å²) in [5.41, 5.74) is 2.54. The van der Waals surface area contributed by atoms with Crippen LogP contribution in [0.25, 0.3) is 0 Å². The van der Waals surface area contributed by atoms with Gasteiger partial charge in [-0.2, -0.15) is 0 Å². The highest BCUT2D eigenvalue weighted by atomic mass is 16.5. The SMILES string of the molecule is C1CCCCC1.CCOc1ccccc1C(=O)Nc1cccc(CC)c1C(=O)C(C)C. The first-order chi connectivity index (χ1) is 15.0. The van der Waals surface area contributed by atoms with E-state index in [-0.39, 0.29) is 17.6 Å². The molecule has 0 bridgehead atoms. The highest BCUT2D eigenvalue weighted by molar-refractivity contribution is 6.11. The first-order valence-corrected chi connectivity index (χ1v) is 11.7. The lowest BCUT2D eigenvalue weighted by molar-refractivity contribution is 0.0939. The van der Waals surface area contributed by atoms with Crippen LogP contribution in [0.2, 0.25) is 0 Å². The normalized spacial score (nSPS) is 13.2. The Morgan fingerprint density at radius 1 is 0.903 bits per heavy atom. The number of rotatable bonds is 7. The molecule has 0 saturated heterocycles. The summed E-state index contributed by atoms with van der Waals surface area (Å²) in [6, 6.07) is 12.7. The Labute approximate surface area is 187 Å². The zero-order valence-corrected chi connectivity index (χ0v) is 19.5. The highest BCUT2D eigenvalue weighted by Crippen LogP contribution is 2.26. The predicted octanol–water partition coefficient (Wildman–Crippen LogP) is 7.08. The number of anilines is 1. The molecule has 3 rings (SSSR count). The van der Waals surface area contributed by atoms with Crippen LogP contribution >= 0.6 is 0 Å². The lowest BCUT2D eigenvalue weighted by Gasteiger charge is -2.16. The molecule has 168 valence electrons. The average molecular weight is 424 g/mol. The van der Waals surface area contributed by atoms with Gasteiger partial charge in [0.2, 0.25) is 0 Å². The molecular weight excluding hydrogens is 386 g/mol. The molecule has 1 aliphatic rings. The molecule has 0 aromatic heterocycles. The van der Waals surface area contributed by atoms with Gasteiger partial charge < -0.3 is 10.1 Å². The number of hydrogen-bond donors (Lipinski definition) is 1. The number of benzene rings is 2. The molecule has 0 aliphatic heterocycles. The Bertz CT molecular complexity index is 842. The summed E-state index contributed by atoms with van der Waals surface area (Å²) in [5.74, 6) is 0.144. The second kappa shape index (κ2) is 12.9. The minimum absolute atomic E-state index is 0.0332. The second-order valence-corrected chi connectivity index (χ2v) is 8.22. The summed E-state index contributed by atoms with van der Waals surface area (Å²) < 4.78 is 5.53. The lowest BCUT2D eigenvalue weighted by Crippen LogP contribution is -2.19. The fraction of sp³-hybridized carbons (Fsp3) is 0.481. The number of amides is 1. The van der Waals surface area contributed by atoms with Crippen molar-refractivity contribution < 1.29 is 14.3 Å². The topological polar surface area (TPSA) is 55.4 Å². The number of aryl methyl sites for hydroxylation is 1. The van der Waals surface area contributed by atoms with Gasteiger partial charge in [0.15, 0.2) is 5.78 Å². The molecule has 0 radical (unpaired) electrons. The Morgan fingerprint density at radius 3 is 2.06 bits per heavy atom. The van der Waals surface area contributed by atoms with E-state index < -0.39 is 0 Å². The monoisotopic (exact) mass is 423 g/mol. The van der Waals surface area contributed by atoms with Crippen molar-refractivity contribution in [2.75, 3.05) is 11.9 Å². The molecule has 31 heavy (non-hydrogen) atoms. The van der Waals surface area contributed by atoms with Crippen LogP contribution in [0.4, 0.5) is 5.69 Å². The van der Waals surface area contributed by atoms with Gasteiger partial charge in [0.05, 0.1) is 17.9 Å². The van der Waals surface area contributed by atoms with Gasteiger partial charge in [0, 0.05) is 11.5 Å². The average Bonchev–Trinajstić information content (AvgIpc) is 2.80. The van der Waals surface area contributed by atoms with Crippen LogP contribution in [-0.2, 0) is 6.42 Å². The third-order valence-corrected chi connectivity index (χ3v) is 5.48. The van der Waals surface area contributed by atoms with Gasteiger partial charge in [-0.15, -0.1) is 0 Å². The van der Waals surface area contributed by atoms with Crippen molar-refractivity contribution in [3.63, 3.8) is 0 Å². The first kappa shape index (κ1) is 24.6. The number of Topliss-reactive ketones (excluding diaryl/α,β-unsaturated/α-hetero) is 1. The number of carbonyl (C=O) groups excluding carboxylic acids is 2. The Morgan fingerprint density at radius 2 is 1.52 bits per heavy atom. The van der Waals surface area contributed by atoms with Crippen molar-refractivity contribution in [1.82, 2.24) is 0 Å². The Hall–Kier alpha value is -2.62. The van der Waals surface area contributed by atoms with E-state index in [9.17, 15) is 9.59 Å². The molecule has 0 heterocycles. The van der Waals surface area contributed by atoms with E-state index in [1.807, 2.05) is 45.9 Å². The molecule has 4 nitrogen and oxygen atoms in total. The molecule has 0 atom stereocenters. The van der Waals surface area contributed by atoms with Crippen molar-refractivity contribution >= 4 is 17.4 Å². The summed E-state index contributed by atoms with van der Waals surface area (Å²) in [4.78, 5) is 25.4. The van der Waals surface area contributed by atoms with E-state index in [0.717, 1.165) is 12.0 Å². The van der Waals surface area contributed by atoms with Gasteiger partial charge in [-0.1, -0.05) is 83.6 Å². The van der Waals surface area contributed by atoms with E-state index in [1.54, 1.807) is 24.3 Å². The summed E-state index contributed by atoms with van der Waals surface area (Å²) in [6.07, 6.45) is 9.73. The van der Waals surface area contributed by atoms with Crippen LogP contribution < -0.4 is 10.1 Å². The van der Waals surface area contributed by atoms with E-state index in [1.165, 1.54) is 38.5 Å². The van der Waals surface area contributed by atoms with Crippen molar-refractivity contribution in [2.24, 2.45) is 5.92 Å². The van der Waals surface area contributed by atoms with Gasteiger partial charge >= 0.3 is 0 Å². The first-order valence-electron chi connectivity index (χ1n) is 11.7. The Balaban J connectivity index is 0.000000488. The number of carbonyl (C=O) groups is 2. The molecular formula is C27H37NO3.